The standard InChI is InChI=1S/C15H20N2O2/c1-10-9-19-11(2)8-17(10)15(18)13-4-3-12-5-6-16-14(12)7-13/h3-4,7,10-11,16H,5-6,8-9H2,1-2H3. The number of nitrogens with one attached hydrogen (secondary N) is 1. The lowest BCUT2D eigenvalue weighted by molar-refractivity contribution is -0.0387. The zero-order valence-corrected chi connectivity index (χ0v) is 11.5. The molecule has 2 atom stereocenters. The fourth-order valence-corrected chi connectivity index (χ4v) is 2.78. The third kappa shape index (κ3) is 2.32. The molecule has 3 rings (SSSR count). The summed E-state index contributed by atoms with van der Waals surface area (Å²) in [7, 11) is 0. The molecule has 4 nitrogen and oxygen atoms in total. The van der Waals surface area contributed by atoms with Crippen LogP contribution in [-0.2, 0) is 11.2 Å². The number of carbonyl (C=O) groups is 1. The lowest BCUT2D eigenvalue weighted by Gasteiger charge is -2.36. The van der Waals surface area contributed by atoms with Gasteiger partial charge in [0.2, 0.25) is 0 Å². The average Bonchev–Trinajstić information content (AvgIpc) is 2.88. The van der Waals surface area contributed by atoms with Gasteiger partial charge < -0.3 is 15.0 Å². The number of morpholine rings is 1. The molecule has 1 amide bonds. The molecule has 0 aromatic heterocycles. The van der Waals surface area contributed by atoms with Gasteiger partial charge in [-0.25, -0.2) is 0 Å². The van der Waals surface area contributed by atoms with Crippen LogP contribution in [0.5, 0.6) is 0 Å². The van der Waals surface area contributed by atoms with E-state index < -0.39 is 0 Å². The maximum atomic E-state index is 12.6. The molecule has 1 aromatic carbocycles. The van der Waals surface area contributed by atoms with Gasteiger partial charge in [0.05, 0.1) is 18.8 Å². The molecule has 19 heavy (non-hydrogen) atoms. The molecule has 1 N–H and O–H groups in total. The van der Waals surface area contributed by atoms with Crippen LogP contribution >= 0.6 is 0 Å². The first-order valence-corrected chi connectivity index (χ1v) is 6.94. The van der Waals surface area contributed by atoms with Crippen LogP contribution in [0.15, 0.2) is 18.2 Å². The number of rotatable bonds is 1. The molecule has 2 aliphatic heterocycles. The normalized spacial score (nSPS) is 25.9. The smallest absolute Gasteiger partial charge is 0.254 e. The Morgan fingerprint density at radius 1 is 1.42 bits per heavy atom. The highest BCUT2D eigenvalue weighted by molar-refractivity contribution is 5.95. The largest absolute Gasteiger partial charge is 0.384 e. The molecule has 1 saturated heterocycles. The van der Waals surface area contributed by atoms with E-state index in [2.05, 4.69) is 11.4 Å². The fraction of sp³-hybridized carbons (Fsp3) is 0.533. The van der Waals surface area contributed by atoms with Crippen molar-refractivity contribution in [3.63, 3.8) is 0 Å². The van der Waals surface area contributed by atoms with Crippen LogP contribution in [0, 0.1) is 0 Å². The van der Waals surface area contributed by atoms with Crippen molar-refractivity contribution in [3.05, 3.63) is 29.3 Å². The van der Waals surface area contributed by atoms with E-state index in [-0.39, 0.29) is 18.1 Å². The molecule has 0 radical (unpaired) electrons. The number of hydrogen-bond donors (Lipinski definition) is 1. The lowest BCUT2D eigenvalue weighted by atomic mass is 10.1. The predicted octanol–water partition coefficient (Wildman–Crippen LogP) is 1.90. The highest BCUT2D eigenvalue weighted by Gasteiger charge is 2.28. The van der Waals surface area contributed by atoms with Crippen molar-refractivity contribution in [3.8, 4) is 0 Å². The average molecular weight is 260 g/mol. The second-order valence-corrected chi connectivity index (χ2v) is 5.50. The van der Waals surface area contributed by atoms with E-state index in [4.69, 9.17) is 4.74 Å². The maximum Gasteiger partial charge on any atom is 0.254 e. The van der Waals surface area contributed by atoms with Crippen LogP contribution < -0.4 is 5.32 Å². The summed E-state index contributed by atoms with van der Waals surface area (Å²) >= 11 is 0. The minimum absolute atomic E-state index is 0.110. The van der Waals surface area contributed by atoms with E-state index in [1.54, 1.807) is 0 Å². The van der Waals surface area contributed by atoms with Crippen molar-refractivity contribution < 1.29 is 9.53 Å². The maximum absolute atomic E-state index is 12.6. The molecule has 0 bridgehead atoms. The van der Waals surface area contributed by atoms with Gasteiger partial charge in [-0.1, -0.05) is 6.07 Å². The lowest BCUT2D eigenvalue weighted by Crippen LogP contribution is -2.50. The fourth-order valence-electron chi connectivity index (χ4n) is 2.78. The molecule has 0 spiro atoms. The number of hydrogen-bond acceptors (Lipinski definition) is 3. The quantitative estimate of drug-likeness (QED) is 0.838. The first-order valence-electron chi connectivity index (χ1n) is 6.94. The summed E-state index contributed by atoms with van der Waals surface area (Å²) in [6.45, 7) is 6.31. The summed E-state index contributed by atoms with van der Waals surface area (Å²) in [5.74, 6) is 0.110. The number of benzene rings is 1. The number of anilines is 1. The summed E-state index contributed by atoms with van der Waals surface area (Å²) in [6, 6.07) is 6.14. The monoisotopic (exact) mass is 260 g/mol. The molecule has 4 heteroatoms. The van der Waals surface area contributed by atoms with E-state index in [1.165, 1.54) is 5.56 Å². The zero-order valence-electron chi connectivity index (χ0n) is 11.5. The van der Waals surface area contributed by atoms with Crippen LogP contribution in [0.2, 0.25) is 0 Å². The number of fused-ring (bicyclic) bond motifs is 1. The van der Waals surface area contributed by atoms with Crippen molar-refractivity contribution in [2.24, 2.45) is 0 Å². The Morgan fingerprint density at radius 3 is 3.11 bits per heavy atom. The second kappa shape index (κ2) is 4.85. The van der Waals surface area contributed by atoms with Gasteiger partial charge in [-0.05, 0) is 38.0 Å². The van der Waals surface area contributed by atoms with Crippen molar-refractivity contribution >= 4 is 11.6 Å². The second-order valence-electron chi connectivity index (χ2n) is 5.50. The molecule has 2 aliphatic rings. The summed E-state index contributed by atoms with van der Waals surface area (Å²) in [5.41, 5.74) is 3.19. The van der Waals surface area contributed by atoms with Gasteiger partial charge in [-0.2, -0.15) is 0 Å². The molecule has 102 valence electrons. The first kappa shape index (κ1) is 12.5. The van der Waals surface area contributed by atoms with Gasteiger partial charge in [0.1, 0.15) is 0 Å². The van der Waals surface area contributed by atoms with Crippen molar-refractivity contribution in [2.45, 2.75) is 32.4 Å². The summed E-state index contributed by atoms with van der Waals surface area (Å²) in [4.78, 5) is 14.5. The minimum atomic E-state index is 0.110. The van der Waals surface area contributed by atoms with Gasteiger partial charge in [0.25, 0.3) is 5.91 Å². The van der Waals surface area contributed by atoms with Gasteiger partial charge in [-0.15, -0.1) is 0 Å². The van der Waals surface area contributed by atoms with E-state index in [1.807, 2.05) is 30.9 Å². The Bertz CT molecular complexity index is 501. The van der Waals surface area contributed by atoms with Crippen LogP contribution in [0.4, 0.5) is 5.69 Å². The molecule has 1 aromatic rings. The Labute approximate surface area is 113 Å². The van der Waals surface area contributed by atoms with Crippen molar-refractivity contribution in [1.82, 2.24) is 4.90 Å². The van der Waals surface area contributed by atoms with E-state index in [0.717, 1.165) is 24.2 Å². The predicted molar refractivity (Wildman–Crippen MR) is 74.5 cm³/mol. The van der Waals surface area contributed by atoms with E-state index in [0.29, 0.717) is 13.2 Å². The Hall–Kier alpha value is -1.55. The molecule has 0 aliphatic carbocycles. The number of ether oxygens (including phenoxy) is 1. The van der Waals surface area contributed by atoms with Gasteiger partial charge in [0.15, 0.2) is 0 Å². The van der Waals surface area contributed by atoms with Gasteiger partial charge in [-0.3, -0.25) is 4.79 Å². The van der Waals surface area contributed by atoms with Gasteiger partial charge >= 0.3 is 0 Å². The van der Waals surface area contributed by atoms with Crippen molar-refractivity contribution in [2.75, 3.05) is 25.0 Å². The van der Waals surface area contributed by atoms with E-state index >= 15 is 0 Å². The minimum Gasteiger partial charge on any atom is -0.384 e. The highest BCUT2D eigenvalue weighted by atomic mass is 16.5. The van der Waals surface area contributed by atoms with Crippen LogP contribution in [0.25, 0.3) is 0 Å². The van der Waals surface area contributed by atoms with E-state index in [9.17, 15) is 4.79 Å². The van der Waals surface area contributed by atoms with Crippen LogP contribution in [-0.4, -0.2) is 42.6 Å². The molecular weight excluding hydrogens is 240 g/mol. The first-order chi connectivity index (χ1) is 9.15. The van der Waals surface area contributed by atoms with Crippen molar-refractivity contribution in [1.29, 1.82) is 0 Å². The topological polar surface area (TPSA) is 41.6 Å². The SMILES string of the molecule is CC1CN(C(=O)c2ccc3c(c2)NCC3)C(C)CO1. The Kier molecular flexibility index (Phi) is 3.19. The highest BCUT2D eigenvalue weighted by Crippen LogP contribution is 2.25. The zero-order chi connectivity index (χ0) is 13.4. The molecule has 1 fully saturated rings. The molecule has 2 heterocycles. The summed E-state index contributed by atoms with van der Waals surface area (Å²) in [5, 5.41) is 3.32. The third-order valence-corrected chi connectivity index (χ3v) is 3.94. The number of amides is 1. The Morgan fingerprint density at radius 2 is 2.26 bits per heavy atom. The molecule has 2 unspecified atom stereocenters. The van der Waals surface area contributed by atoms with Crippen LogP contribution in [0.3, 0.4) is 0 Å². The van der Waals surface area contributed by atoms with Gasteiger partial charge in [0, 0.05) is 24.3 Å². The van der Waals surface area contributed by atoms with Crippen LogP contribution in [0.1, 0.15) is 29.8 Å². The number of carbonyl (C=O) groups excluding carboxylic acids is 1. The third-order valence-electron chi connectivity index (χ3n) is 3.94. The Balaban J connectivity index is 1.83. The number of nitrogens with zero attached hydrogens (tertiary/aromatic N) is 1. The molecular formula is C15H20N2O2. The summed E-state index contributed by atoms with van der Waals surface area (Å²) in [6.07, 6.45) is 1.17. The molecule has 0 saturated carbocycles. The summed E-state index contributed by atoms with van der Waals surface area (Å²) < 4.78 is 5.57.